The third-order valence-corrected chi connectivity index (χ3v) is 5.09. The van der Waals surface area contributed by atoms with Crippen LogP contribution in [0.5, 0.6) is 0 Å². The van der Waals surface area contributed by atoms with E-state index >= 15 is 0 Å². The first-order valence-corrected chi connectivity index (χ1v) is 10.1. The van der Waals surface area contributed by atoms with E-state index in [9.17, 15) is 9.59 Å². The lowest BCUT2D eigenvalue weighted by Gasteiger charge is -2.19. The van der Waals surface area contributed by atoms with Gasteiger partial charge in [-0.3, -0.25) is 19.2 Å². The van der Waals surface area contributed by atoms with E-state index in [0.29, 0.717) is 17.9 Å². The average molecular weight is 399 g/mol. The largest absolute Gasteiger partial charge is 0.325 e. The van der Waals surface area contributed by atoms with Crippen molar-refractivity contribution in [2.75, 3.05) is 37.3 Å². The summed E-state index contributed by atoms with van der Waals surface area (Å²) < 4.78 is 1.66. The lowest BCUT2D eigenvalue weighted by molar-refractivity contribution is -0.118. The van der Waals surface area contributed by atoms with E-state index in [1.54, 1.807) is 36.3 Å². The third kappa shape index (κ3) is 6.13. The second-order valence-corrected chi connectivity index (χ2v) is 7.48. The second-order valence-electron chi connectivity index (χ2n) is 7.48. The Kier molecular flexibility index (Phi) is 7.37. The van der Waals surface area contributed by atoms with Gasteiger partial charge in [0.25, 0.3) is 0 Å². The number of carbonyl (C=O) groups is 2. The van der Waals surface area contributed by atoms with Crippen LogP contribution in [0, 0.1) is 0 Å². The van der Waals surface area contributed by atoms with Crippen molar-refractivity contribution in [3.05, 3.63) is 42.2 Å². The van der Waals surface area contributed by atoms with Crippen LogP contribution in [0.4, 0.5) is 11.4 Å². The van der Waals surface area contributed by atoms with Crippen molar-refractivity contribution in [3.63, 3.8) is 0 Å². The Morgan fingerprint density at radius 2 is 1.79 bits per heavy atom. The maximum atomic E-state index is 12.7. The third-order valence-electron chi connectivity index (χ3n) is 5.09. The zero-order valence-corrected chi connectivity index (χ0v) is 17.1. The van der Waals surface area contributed by atoms with Gasteiger partial charge in [-0.05, 0) is 51.2 Å². The lowest BCUT2D eigenvalue weighted by atomic mass is 10.1. The fourth-order valence-corrected chi connectivity index (χ4v) is 3.63. The summed E-state index contributed by atoms with van der Waals surface area (Å²) >= 11 is 0. The quantitative estimate of drug-likeness (QED) is 0.665. The minimum absolute atomic E-state index is 0.0289. The molecular weight excluding hydrogens is 368 g/mol. The molecule has 1 aromatic carbocycles. The molecule has 8 heteroatoms. The number of likely N-dealkylation sites (tertiary alicyclic amines) is 1. The molecule has 8 nitrogen and oxygen atoms in total. The highest BCUT2D eigenvalue weighted by Gasteiger charge is 2.20. The van der Waals surface area contributed by atoms with Gasteiger partial charge in [-0.15, -0.1) is 0 Å². The number of benzene rings is 1. The van der Waals surface area contributed by atoms with Crippen molar-refractivity contribution < 1.29 is 9.59 Å². The smallest absolute Gasteiger partial charge is 0.246 e. The van der Waals surface area contributed by atoms with Crippen molar-refractivity contribution >= 4 is 23.2 Å². The predicted octanol–water partition coefficient (Wildman–Crippen LogP) is 2.13. The molecule has 156 valence electrons. The molecule has 0 spiro atoms. The predicted molar refractivity (Wildman–Crippen MR) is 114 cm³/mol. The fourth-order valence-electron chi connectivity index (χ4n) is 3.63. The topological polar surface area (TPSA) is 91.3 Å². The van der Waals surface area contributed by atoms with Crippen LogP contribution in [0.25, 0.3) is 0 Å². The number of likely N-dealkylation sites (N-methyl/N-ethyl adjacent to an activating group) is 1. The Bertz CT molecular complexity index is 826. The van der Waals surface area contributed by atoms with E-state index in [2.05, 4.69) is 25.9 Å². The van der Waals surface area contributed by atoms with Crippen molar-refractivity contribution in [2.24, 2.45) is 7.05 Å². The first-order valence-electron chi connectivity index (χ1n) is 10.1. The highest BCUT2D eigenvalue weighted by Crippen LogP contribution is 2.19. The molecule has 2 amide bonds. The Labute approximate surface area is 171 Å². The monoisotopic (exact) mass is 398 g/mol. The Balaban J connectivity index is 1.58. The molecule has 2 heterocycles. The van der Waals surface area contributed by atoms with Gasteiger partial charge in [0.05, 0.1) is 12.7 Å². The van der Waals surface area contributed by atoms with Gasteiger partial charge in [0.2, 0.25) is 11.8 Å². The Morgan fingerprint density at radius 1 is 1.10 bits per heavy atom. The summed E-state index contributed by atoms with van der Waals surface area (Å²) in [5.41, 5.74) is 2.09. The molecule has 29 heavy (non-hydrogen) atoms. The summed E-state index contributed by atoms with van der Waals surface area (Å²) in [6.45, 7) is 2.35. The van der Waals surface area contributed by atoms with Crippen LogP contribution >= 0.6 is 0 Å². The van der Waals surface area contributed by atoms with Crippen LogP contribution in [-0.2, 0) is 16.6 Å². The van der Waals surface area contributed by atoms with Gasteiger partial charge < -0.3 is 16.0 Å². The minimum Gasteiger partial charge on any atom is -0.325 e. The Hall–Kier alpha value is -2.71. The molecule has 1 saturated heterocycles. The van der Waals surface area contributed by atoms with Gasteiger partial charge in [-0.1, -0.05) is 18.9 Å². The molecule has 3 N–H and O–H groups in total. The van der Waals surface area contributed by atoms with Gasteiger partial charge in [0, 0.05) is 30.2 Å². The SMILES string of the molecule is CNC(C(=O)Nc1cccc(NC(=O)CN2CCCCCC2)c1)c1cnn(C)c1. The van der Waals surface area contributed by atoms with Crippen molar-refractivity contribution in [2.45, 2.75) is 31.7 Å². The number of hydrogen-bond donors (Lipinski definition) is 3. The molecule has 1 aliphatic rings. The molecule has 0 aliphatic carbocycles. The zero-order chi connectivity index (χ0) is 20.6. The molecule has 1 aliphatic heterocycles. The van der Waals surface area contributed by atoms with E-state index in [1.165, 1.54) is 12.8 Å². The van der Waals surface area contributed by atoms with E-state index in [-0.39, 0.29) is 11.8 Å². The molecule has 2 aromatic rings. The maximum Gasteiger partial charge on any atom is 0.246 e. The number of carbonyl (C=O) groups excluding carboxylic acids is 2. The highest BCUT2D eigenvalue weighted by atomic mass is 16.2. The molecular formula is C21H30N6O2. The van der Waals surface area contributed by atoms with Crippen LogP contribution in [-0.4, -0.2) is 53.2 Å². The summed E-state index contributed by atoms with van der Waals surface area (Å²) in [6, 6.07) is 6.71. The van der Waals surface area contributed by atoms with Crippen LogP contribution in [0.15, 0.2) is 36.7 Å². The summed E-state index contributed by atoms with van der Waals surface area (Å²) in [5, 5.41) is 13.0. The second kappa shape index (κ2) is 10.2. The van der Waals surface area contributed by atoms with Gasteiger partial charge in [0.15, 0.2) is 0 Å². The molecule has 0 saturated carbocycles. The number of amides is 2. The van der Waals surface area contributed by atoms with E-state index < -0.39 is 6.04 Å². The number of rotatable bonds is 7. The zero-order valence-electron chi connectivity index (χ0n) is 17.1. The number of aromatic nitrogens is 2. The van der Waals surface area contributed by atoms with Crippen LogP contribution in [0.1, 0.15) is 37.3 Å². The highest BCUT2D eigenvalue weighted by molar-refractivity contribution is 5.97. The van der Waals surface area contributed by atoms with Gasteiger partial charge in [-0.2, -0.15) is 5.10 Å². The van der Waals surface area contributed by atoms with Crippen molar-refractivity contribution in [1.29, 1.82) is 0 Å². The van der Waals surface area contributed by atoms with Crippen LogP contribution in [0.2, 0.25) is 0 Å². The number of hydrogen-bond acceptors (Lipinski definition) is 5. The number of anilines is 2. The number of nitrogens with zero attached hydrogens (tertiary/aromatic N) is 3. The fraction of sp³-hybridized carbons (Fsp3) is 0.476. The first kappa shape index (κ1) is 21.0. The Morgan fingerprint density at radius 3 is 2.41 bits per heavy atom. The van der Waals surface area contributed by atoms with Gasteiger partial charge >= 0.3 is 0 Å². The van der Waals surface area contributed by atoms with E-state index in [0.717, 1.165) is 31.5 Å². The molecule has 1 unspecified atom stereocenters. The summed E-state index contributed by atoms with van der Waals surface area (Å²) in [6.07, 6.45) is 8.26. The van der Waals surface area contributed by atoms with Crippen LogP contribution in [0.3, 0.4) is 0 Å². The average Bonchev–Trinajstić information content (AvgIpc) is 2.94. The van der Waals surface area contributed by atoms with Crippen LogP contribution < -0.4 is 16.0 Å². The van der Waals surface area contributed by atoms with E-state index in [4.69, 9.17) is 0 Å². The van der Waals surface area contributed by atoms with Gasteiger partial charge in [0.1, 0.15) is 6.04 Å². The molecule has 1 aromatic heterocycles. The summed E-state index contributed by atoms with van der Waals surface area (Å²) in [5.74, 6) is -0.215. The maximum absolute atomic E-state index is 12.7. The van der Waals surface area contributed by atoms with Crippen molar-refractivity contribution in [1.82, 2.24) is 20.0 Å². The molecule has 0 bridgehead atoms. The molecule has 1 fully saturated rings. The van der Waals surface area contributed by atoms with Gasteiger partial charge in [-0.25, -0.2) is 0 Å². The minimum atomic E-state index is -0.509. The summed E-state index contributed by atoms with van der Waals surface area (Å²) in [4.78, 5) is 27.3. The number of aryl methyl sites for hydroxylation is 1. The molecule has 1 atom stereocenters. The molecule has 0 radical (unpaired) electrons. The normalized spacial score (nSPS) is 16.1. The lowest BCUT2D eigenvalue weighted by Crippen LogP contribution is -2.34. The van der Waals surface area contributed by atoms with E-state index in [1.807, 2.05) is 19.2 Å². The standard InChI is InChI=1S/C21H30N6O2/c1-22-20(16-13-23-26(2)14-16)21(29)25-18-9-7-8-17(12-18)24-19(28)15-27-10-5-3-4-6-11-27/h7-9,12-14,20,22H,3-6,10-11,15H2,1-2H3,(H,24,28)(H,25,29). The molecule has 3 rings (SSSR count). The number of nitrogens with one attached hydrogen (secondary N) is 3. The summed E-state index contributed by atoms with van der Waals surface area (Å²) in [7, 11) is 3.54. The first-order chi connectivity index (χ1) is 14.0. The van der Waals surface area contributed by atoms with Crippen molar-refractivity contribution in [3.8, 4) is 0 Å².